The van der Waals surface area contributed by atoms with Gasteiger partial charge in [0.2, 0.25) is 0 Å². The van der Waals surface area contributed by atoms with Crippen molar-refractivity contribution in [1.82, 2.24) is 9.88 Å². The van der Waals surface area contributed by atoms with E-state index in [1.165, 1.54) is 4.88 Å². The smallest absolute Gasteiger partial charge is 0.0794 e. The Bertz CT molecular complexity index is 236. The second-order valence-electron chi connectivity index (χ2n) is 3.61. The Morgan fingerprint density at radius 1 is 1.57 bits per heavy atom. The molecule has 0 amide bonds. The van der Waals surface area contributed by atoms with Crippen molar-refractivity contribution in [2.75, 3.05) is 13.2 Å². The van der Waals surface area contributed by atoms with Crippen LogP contribution in [0.2, 0.25) is 0 Å². The van der Waals surface area contributed by atoms with E-state index >= 15 is 0 Å². The summed E-state index contributed by atoms with van der Waals surface area (Å²) in [5, 5.41) is 8.79. The first kappa shape index (κ1) is 11.6. The van der Waals surface area contributed by atoms with Crippen molar-refractivity contribution in [1.29, 1.82) is 0 Å². The van der Waals surface area contributed by atoms with Crippen LogP contribution in [0.15, 0.2) is 11.7 Å². The molecule has 0 bridgehead atoms. The number of hydrogen-bond acceptors (Lipinski definition) is 4. The minimum absolute atomic E-state index is 0.270. The summed E-state index contributed by atoms with van der Waals surface area (Å²) in [5.41, 5.74) is 1.86. The molecule has 1 rings (SSSR count). The standard InChI is InChI=1S/C10H18N2OS/c1-9(2)12(4-3-5-13)7-10-6-11-8-14-10/h6,8-9,13H,3-5,7H2,1-2H3. The van der Waals surface area contributed by atoms with Crippen LogP contribution in [0.4, 0.5) is 0 Å². The van der Waals surface area contributed by atoms with E-state index in [0.717, 1.165) is 19.5 Å². The Morgan fingerprint density at radius 2 is 2.36 bits per heavy atom. The highest BCUT2D eigenvalue weighted by Crippen LogP contribution is 2.12. The molecule has 0 saturated heterocycles. The molecule has 1 aromatic heterocycles. The number of aliphatic hydroxyl groups excluding tert-OH is 1. The van der Waals surface area contributed by atoms with Crippen molar-refractivity contribution in [3.8, 4) is 0 Å². The fourth-order valence-electron chi connectivity index (χ4n) is 1.31. The van der Waals surface area contributed by atoms with Crippen LogP contribution >= 0.6 is 11.3 Å². The minimum Gasteiger partial charge on any atom is -0.396 e. The van der Waals surface area contributed by atoms with E-state index < -0.39 is 0 Å². The SMILES string of the molecule is CC(C)N(CCCO)Cc1cncs1. The second kappa shape index (κ2) is 6.11. The number of aromatic nitrogens is 1. The molecule has 0 aliphatic carbocycles. The van der Waals surface area contributed by atoms with Crippen molar-refractivity contribution in [3.05, 3.63) is 16.6 Å². The van der Waals surface area contributed by atoms with Crippen LogP contribution in [0.3, 0.4) is 0 Å². The lowest BCUT2D eigenvalue weighted by atomic mass is 10.3. The first-order valence-electron chi connectivity index (χ1n) is 4.96. The Morgan fingerprint density at radius 3 is 2.86 bits per heavy atom. The number of aliphatic hydroxyl groups is 1. The molecule has 0 radical (unpaired) electrons. The quantitative estimate of drug-likeness (QED) is 0.783. The Kier molecular flexibility index (Phi) is 5.07. The van der Waals surface area contributed by atoms with Gasteiger partial charge in [-0.1, -0.05) is 0 Å². The summed E-state index contributed by atoms with van der Waals surface area (Å²) in [7, 11) is 0. The molecule has 80 valence electrons. The zero-order valence-corrected chi connectivity index (χ0v) is 9.63. The molecule has 0 aliphatic heterocycles. The lowest BCUT2D eigenvalue weighted by Crippen LogP contribution is -2.31. The predicted octanol–water partition coefficient (Wildman–Crippen LogP) is 1.74. The van der Waals surface area contributed by atoms with E-state index in [1.54, 1.807) is 11.3 Å². The highest BCUT2D eigenvalue weighted by molar-refractivity contribution is 7.09. The highest BCUT2D eigenvalue weighted by atomic mass is 32.1. The molecule has 0 spiro atoms. The van der Waals surface area contributed by atoms with Gasteiger partial charge in [0, 0.05) is 36.8 Å². The molecule has 0 atom stereocenters. The van der Waals surface area contributed by atoms with Gasteiger partial charge in [-0.3, -0.25) is 9.88 Å². The average molecular weight is 214 g/mol. The zero-order valence-electron chi connectivity index (χ0n) is 8.81. The van der Waals surface area contributed by atoms with Crippen LogP contribution in [0.1, 0.15) is 25.1 Å². The molecule has 3 nitrogen and oxygen atoms in total. The second-order valence-corrected chi connectivity index (χ2v) is 4.58. The summed E-state index contributed by atoms with van der Waals surface area (Å²) in [5.74, 6) is 0. The maximum absolute atomic E-state index is 8.79. The molecule has 0 aromatic carbocycles. The fraction of sp³-hybridized carbons (Fsp3) is 0.700. The van der Waals surface area contributed by atoms with Gasteiger partial charge in [0.25, 0.3) is 0 Å². The molecule has 0 fully saturated rings. The minimum atomic E-state index is 0.270. The summed E-state index contributed by atoms with van der Waals surface area (Å²) in [6, 6.07) is 0.517. The third-order valence-electron chi connectivity index (χ3n) is 2.18. The first-order valence-corrected chi connectivity index (χ1v) is 5.84. The van der Waals surface area contributed by atoms with Gasteiger partial charge in [0.05, 0.1) is 5.51 Å². The average Bonchev–Trinajstić information content (AvgIpc) is 2.64. The number of nitrogens with zero attached hydrogens (tertiary/aromatic N) is 2. The molecule has 0 saturated carbocycles. The largest absolute Gasteiger partial charge is 0.396 e. The van der Waals surface area contributed by atoms with Crippen LogP contribution in [0.25, 0.3) is 0 Å². The molecule has 4 heteroatoms. The first-order chi connectivity index (χ1) is 6.74. The van der Waals surface area contributed by atoms with Crippen molar-refractivity contribution >= 4 is 11.3 Å². The molecular weight excluding hydrogens is 196 g/mol. The predicted molar refractivity (Wildman–Crippen MR) is 59.4 cm³/mol. The maximum Gasteiger partial charge on any atom is 0.0794 e. The Labute approximate surface area is 89.4 Å². The van der Waals surface area contributed by atoms with Crippen LogP contribution in [0, 0.1) is 0 Å². The van der Waals surface area contributed by atoms with Gasteiger partial charge in [0.15, 0.2) is 0 Å². The topological polar surface area (TPSA) is 36.4 Å². The normalized spacial score (nSPS) is 11.5. The molecule has 1 aromatic rings. The summed E-state index contributed by atoms with van der Waals surface area (Å²) in [6.07, 6.45) is 2.76. The highest BCUT2D eigenvalue weighted by Gasteiger charge is 2.09. The van der Waals surface area contributed by atoms with Crippen LogP contribution in [-0.2, 0) is 6.54 Å². The van der Waals surface area contributed by atoms with Crippen molar-refractivity contribution < 1.29 is 5.11 Å². The molecular formula is C10H18N2OS. The van der Waals surface area contributed by atoms with Gasteiger partial charge in [-0.15, -0.1) is 11.3 Å². The third kappa shape index (κ3) is 3.74. The summed E-state index contributed by atoms with van der Waals surface area (Å²) in [4.78, 5) is 7.70. The van der Waals surface area contributed by atoms with Crippen LogP contribution in [-0.4, -0.2) is 34.2 Å². The van der Waals surface area contributed by atoms with Gasteiger partial charge in [-0.2, -0.15) is 0 Å². The fourth-order valence-corrected chi connectivity index (χ4v) is 1.93. The van der Waals surface area contributed by atoms with Crippen LogP contribution in [0.5, 0.6) is 0 Å². The maximum atomic E-state index is 8.79. The van der Waals surface area contributed by atoms with E-state index in [-0.39, 0.29) is 6.61 Å². The van der Waals surface area contributed by atoms with E-state index in [0.29, 0.717) is 6.04 Å². The van der Waals surface area contributed by atoms with Gasteiger partial charge in [0.1, 0.15) is 0 Å². The van der Waals surface area contributed by atoms with Gasteiger partial charge >= 0.3 is 0 Å². The van der Waals surface area contributed by atoms with E-state index in [2.05, 4.69) is 23.7 Å². The van der Waals surface area contributed by atoms with Crippen molar-refractivity contribution in [2.24, 2.45) is 0 Å². The third-order valence-corrected chi connectivity index (χ3v) is 2.94. The van der Waals surface area contributed by atoms with E-state index in [4.69, 9.17) is 5.11 Å². The zero-order chi connectivity index (χ0) is 10.4. The van der Waals surface area contributed by atoms with Crippen molar-refractivity contribution in [2.45, 2.75) is 32.9 Å². The van der Waals surface area contributed by atoms with Gasteiger partial charge in [-0.05, 0) is 20.3 Å². The molecule has 1 heterocycles. The van der Waals surface area contributed by atoms with Gasteiger partial charge in [-0.25, -0.2) is 0 Å². The number of thiazole rings is 1. The lowest BCUT2D eigenvalue weighted by Gasteiger charge is -2.25. The van der Waals surface area contributed by atoms with Crippen LogP contribution < -0.4 is 0 Å². The molecule has 1 N–H and O–H groups in total. The number of rotatable bonds is 6. The summed E-state index contributed by atoms with van der Waals surface area (Å²) >= 11 is 1.69. The molecule has 14 heavy (non-hydrogen) atoms. The molecule has 0 aliphatic rings. The Hall–Kier alpha value is -0.450. The van der Waals surface area contributed by atoms with E-state index in [1.807, 2.05) is 11.7 Å². The van der Waals surface area contributed by atoms with Crippen molar-refractivity contribution in [3.63, 3.8) is 0 Å². The Balaban J connectivity index is 2.43. The summed E-state index contributed by atoms with van der Waals surface area (Å²) in [6.45, 7) is 6.52. The number of hydrogen-bond donors (Lipinski definition) is 1. The summed E-state index contributed by atoms with van der Waals surface area (Å²) < 4.78 is 0. The lowest BCUT2D eigenvalue weighted by molar-refractivity contribution is 0.186. The monoisotopic (exact) mass is 214 g/mol. The van der Waals surface area contributed by atoms with E-state index in [9.17, 15) is 0 Å². The van der Waals surface area contributed by atoms with Gasteiger partial charge < -0.3 is 5.11 Å². The molecule has 0 unspecified atom stereocenters.